The van der Waals surface area contributed by atoms with Crippen LogP contribution < -0.4 is 0 Å². The molecule has 0 saturated heterocycles. The molecule has 1 unspecified atom stereocenters. The van der Waals surface area contributed by atoms with E-state index in [1.807, 2.05) is 6.92 Å². The molecule has 5 nitrogen and oxygen atoms in total. The summed E-state index contributed by atoms with van der Waals surface area (Å²) < 4.78 is 26.7. The Morgan fingerprint density at radius 2 is 2.21 bits per heavy atom. The van der Waals surface area contributed by atoms with Crippen molar-refractivity contribution in [2.45, 2.75) is 23.9 Å². The number of sulfone groups is 1. The maximum absolute atomic E-state index is 10.9. The van der Waals surface area contributed by atoms with Crippen molar-refractivity contribution in [3.05, 3.63) is 11.7 Å². The molecule has 80 valence electrons. The Hall–Kier alpha value is -0.430. The van der Waals surface area contributed by atoms with Gasteiger partial charge in [-0.2, -0.15) is 4.98 Å². The molecule has 1 heterocycles. The fourth-order valence-electron chi connectivity index (χ4n) is 0.862. The Bertz CT molecular complexity index is 401. The molecule has 0 saturated carbocycles. The van der Waals surface area contributed by atoms with Crippen LogP contribution in [0.25, 0.3) is 0 Å². The van der Waals surface area contributed by atoms with Crippen molar-refractivity contribution < 1.29 is 12.9 Å². The van der Waals surface area contributed by atoms with E-state index in [9.17, 15) is 8.42 Å². The number of nitrogens with zero attached hydrogens (tertiary/aromatic N) is 2. The van der Waals surface area contributed by atoms with Crippen LogP contribution in [0, 0.1) is 0 Å². The average molecular weight is 283 g/mol. The smallest absolute Gasteiger partial charge is 0.240 e. The zero-order valence-corrected chi connectivity index (χ0v) is 10.3. The van der Waals surface area contributed by atoms with Gasteiger partial charge in [0.1, 0.15) is 5.75 Å². The SMILES string of the molecule is CCC(Br)c1nc(CS(C)(=O)=O)no1. The summed E-state index contributed by atoms with van der Waals surface area (Å²) in [6, 6.07) is 0. The minimum absolute atomic E-state index is 0.0108. The van der Waals surface area contributed by atoms with Crippen LogP contribution in [0.4, 0.5) is 0 Å². The molecule has 0 aliphatic heterocycles. The van der Waals surface area contributed by atoms with Gasteiger partial charge in [-0.15, -0.1) is 0 Å². The number of aromatic nitrogens is 2. The molecule has 0 aliphatic carbocycles. The van der Waals surface area contributed by atoms with E-state index in [1.54, 1.807) is 0 Å². The van der Waals surface area contributed by atoms with E-state index in [-0.39, 0.29) is 16.4 Å². The maximum Gasteiger partial charge on any atom is 0.240 e. The van der Waals surface area contributed by atoms with Crippen LogP contribution >= 0.6 is 15.9 Å². The largest absolute Gasteiger partial charge is 0.338 e. The summed E-state index contributed by atoms with van der Waals surface area (Å²) in [4.78, 5) is 3.95. The summed E-state index contributed by atoms with van der Waals surface area (Å²) in [5.41, 5.74) is 0. The Morgan fingerprint density at radius 1 is 1.57 bits per heavy atom. The molecule has 0 aliphatic rings. The lowest BCUT2D eigenvalue weighted by atomic mass is 10.3. The highest BCUT2D eigenvalue weighted by atomic mass is 79.9. The number of hydrogen-bond acceptors (Lipinski definition) is 5. The second-order valence-corrected chi connectivity index (χ2v) is 6.24. The van der Waals surface area contributed by atoms with Crippen molar-refractivity contribution in [2.75, 3.05) is 6.26 Å². The lowest BCUT2D eigenvalue weighted by Gasteiger charge is -1.96. The van der Waals surface area contributed by atoms with Gasteiger partial charge < -0.3 is 4.52 Å². The van der Waals surface area contributed by atoms with E-state index in [1.165, 1.54) is 0 Å². The Labute approximate surface area is 90.9 Å². The summed E-state index contributed by atoms with van der Waals surface area (Å²) in [6.45, 7) is 1.96. The molecule has 1 aromatic heterocycles. The summed E-state index contributed by atoms with van der Waals surface area (Å²) in [5.74, 6) is 0.450. The molecule has 0 radical (unpaired) electrons. The second kappa shape index (κ2) is 4.39. The predicted molar refractivity (Wildman–Crippen MR) is 54.8 cm³/mol. The molecule has 0 fully saturated rings. The summed E-state index contributed by atoms with van der Waals surface area (Å²) in [7, 11) is -3.10. The average Bonchev–Trinajstić information content (AvgIpc) is 2.48. The van der Waals surface area contributed by atoms with E-state index < -0.39 is 9.84 Å². The first-order chi connectivity index (χ1) is 6.42. The minimum atomic E-state index is -3.10. The van der Waals surface area contributed by atoms with E-state index in [4.69, 9.17) is 4.52 Å². The van der Waals surface area contributed by atoms with Gasteiger partial charge in [-0.3, -0.25) is 0 Å². The molecule has 0 N–H and O–H groups in total. The van der Waals surface area contributed by atoms with Crippen molar-refractivity contribution in [1.82, 2.24) is 10.1 Å². The molecule has 1 aromatic rings. The van der Waals surface area contributed by atoms with Crippen LogP contribution in [-0.4, -0.2) is 24.8 Å². The van der Waals surface area contributed by atoms with Crippen LogP contribution in [0.3, 0.4) is 0 Å². The van der Waals surface area contributed by atoms with Crippen LogP contribution in [0.15, 0.2) is 4.52 Å². The number of alkyl halides is 1. The maximum atomic E-state index is 10.9. The third-order valence-corrected chi connectivity index (χ3v) is 3.32. The minimum Gasteiger partial charge on any atom is -0.338 e. The van der Waals surface area contributed by atoms with Gasteiger partial charge in [-0.05, 0) is 6.42 Å². The Kier molecular flexibility index (Phi) is 3.65. The van der Waals surface area contributed by atoms with Gasteiger partial charge >= 0.3 is 0 Å². The van der Waals surface area contributed by atoms with Gasteiger partial charge in [0, 0.05) is 6.26 Å². The molecule has 0 spiro atoms. The zero-order valence-electron chi connectivity index (χ0n) is 7.90. The van der Waals surface area contributed by atoms with Gasteiger partial charge in [0.05, 0.1) is 4.83 Å². The van der Waals surface area contributed by atoms with E-state index in [0.717, 1.165) is 12.7 Å². The van der Waals surface area contributed by atoms with Crippen LogP contribution in [0.2, 0.25) is 0 Å². The second-order valence-electron chi connectivity index (χ2n) is 2.99. The molecule has 0 amide bonds. The zero-order chi connectivity index (χ0) is 10.8. The van der Waals surface area contributed by atoms with Gasteiger partial charge in [0.2, 0.25) is 5.89 Å². The van der Waals surface area contributed by atoms with Crippen LogP contribution in [-0.2, 0) is 15.6 Å². The molecular formula is C7H11BrN2O3S. The molecule has 14 heavy (non-hydrogen) atoms. The molecule has 1 atom stereocenters. The third-order valence-electron chi connectivity index (χ3n) is 1.50. The van der Waals surface area contributed by atoms with E-state index in [2.05, 4.69) is 26.1 Å². The van der Waals surface area contributed by atoms with Crippen molar-refractivity contribution in [1.29, 1.82) is 0 Å². The summed E-state index contributed by atoms with van der Waals surface area (Å²) in [5, 5.41) is 3.58. The molecule has 1 rings (SSSR count). The quantitative estimate of drug-likeness (QED) is 0.782. The Morgan fingerprint density at radius 3 is 2.71 bits per heavy atom. The van der Waals surface area contributed by atoms with Gasteiger partial charge in [0.25, 0.3) is 0 Å². The van der Waals surface area contributed by atoms with Gasteiger partial charge in [-0.25, -0.2) is 8.42 Å². The molecule has 0 aromatic carbocycles. The molecule has 7 heteroatoms. The first-order valence-corrected chi connectivity index (χ1v) is 7.04. The van der Waals surface area contributed by atoms with Gasteiger partial charge in [0.15, 0.2) is 15.7 Å². The number of hydrogen-bond donors (Lipinski definition) is 0. The third kappa shape index (κ3) is 3.38. The van der Waals surface area contributed by atoms with Crippen molar-refractivity contribution in [2.24, 2.45) is 0 Å². The highest BCUT2D eigenvalue weighted by Gasteiger charge is 2.16. The fourth-order valence-corrected chi connectivity index (χ4v) is 1.63. The lowest BCUT2D eigenvalue weighted by molar-refractivity contribution is 0.372. The van der Waals surface area contributed by atoms with Crippen LogP contribution in [0.1, 0.15) is 29.9 Å². The van der Waals surface area contributed by atoms with E-state index >= 15 is 0 Å². The first kappa shape index (κ1) is 11.6. The monoisotopic (exact) mass is 282 g/mol. The van der Waals surface area contributed by atoms with Crippen LogP contribution in [0.5, 0.6) is 0 Å². The first-order valence-electron chi connectivity index (χ1n) is 4.06. The Balaban J connectivity index is 2.79. The fraction of sp³-hybridized carbons (Fsp3) is 0.714. The van der Waals surface area contributed by atoms with Crippen molar-refractivity contribution >= 4 is 25.8 Å². The van der Waals surface area contributed by atoms with Gasteiger partial charge in [-0.1, -0.05) is 28.0 Å². The highest BCUT2D eigenvalue weighted by molar-refractivity contribution is 9.09. The van der Waals surface area contributed by atoms with Crippen molar-refractivity contribution in [3.8, 4) is 0 Å². The normalized spacial score (nSPS) is 14.2. The predicted octanol–water partition coefficient (Wildman–Crippen LogP) is 1.46. The standard InChI is InChI=1S/C7H11BrN2O3S/c1-3-5(8)7-9-6(10-13-7)4-14(2,11)12/h5H,3-4H2,1-2H3. The molecular weight excluding hydrogens is 272 g/mol. The summed E-state index contributed by atoms with van der Waals surface area (Å²) in [6.07, 6.45) is 1.94. The highest BCUT2D eigenvalue weighted by Crippen LogP contribution is 2.24. The number of halogens is 1. The van der Waals surface area contributed by atoms with E-state index in [0.29, 0.717) is 5.89 Å². The topological polar surface area (TPSA) is 73.1 Å². The number of rotatable bonds is 4. The molecule has 0 bridgehead atoms. The van der Waals surface area contributed by atoms with Crippen molar-refractivity contribution in [3.63, 3.8) is 0 Å². The lowest BCUT2D eigenvalue weighted by Crippen LogP contribution is -2.02. The summed E-state index contributed by atoms with van der Waals surface area (Å²) >= 11 is 3.33.